The molecule has 0 aromatic heterocycles. The fraction of sp³-hybridized carbons (Fsp3) is 0.409. The van der Waals surface area contributed by atoms with E-state index in [1.807, 2.05) is 43.3 Å². The number of ether oxygens (including phenoxy) is 3. The third-order valence-corrected chi connectivity index (χ3v) is 4.92. The Labute approximate surface area is 170 Å². The predicted molar refractivity (Wildman–Crippen MR) is 109 cm³/mol. The van der Waals surface area contributed by atoms with E-state index in [9.17, 15) is 4.79 Å². The Bertz CT molecular complexity index is 787. The van der Waals surface area contributed by atoms with E-state index in [1.165, 1.54) is 0 Å². The summed E-state index contributed by atoms with van der Waals surface area (Å²) in [5.74, 6) is 0.0622. The standard InChI is InChI=1S/C22H26ClNO4/c1-16(13-22(2)27-11-12-28-22)14-24-21(25)19-5-3-4-6-20(19)26-15-17-7-9-18(23)10-8-17/h3-10,16H,11-15H2,1-2H3,(H,24,25). The first-order valence-corrected chi connectivity index (χ1v) is 9.85. The Morgan fingerprint density at radius 1 is 1.18 bits per heavy atom. The van der Waals surface area contributed by atoms with E-state index in [2.05, 4.69) is 12.2 Å². The maximum Gasteiger partial charge on any atom is 0.255 e. The first kappa shape index (κ1) is 20.6. The summed E-state index contributed by atoms with van der Waals surface area (Å²) in [7, 11) is 0. The number of rotatable bonds is 8. The van der Waals surface area contributed by atoms with Crippen LogP contribution in [0.5, 0.6) is 5.75 Å². The summed E-state index contributed by atoms with van der Waals surface area (Å²) in [6, 6.07) is 14.7. The minimum Gasteiger partial charge on any atom is -0.488 e. The second kappa shape index (κ2) is 9.41. The maximum absolute atomic E-state index is 12.7. The van der Waals surface area contributed by atoms with Gasteiger partial charge in [-0.25, -0.2) is 0 Å². The zero-order chi connectivity index (χ0) is 20.0. The van der Waals surface area contributed by atoms with Crippen LogP contribution in [-0.2, 0) is 16.1 Å². The molecule has 1 heterocycles. The van der Waals surface area contributed by atoms with Gasteiger partial charge in [0.05, 0.1) is 18.8 Å². The van der Waals surface area contributed by atoms with Crippen molar-refractivity contribution in [2.45, 2.75) is 32.7 Å². The van der Waals surface area contributed by atoms with Gasteiger partial charge in [-0.15, -0.1) is 0 Å². The van der Waals surface area contributed by atoms with Crippen LogP contribution < -0.4 is 10.1 Å². The SMILES string of the molecule is CC(CNC(=O)c1ccccc1OCc1ccc(Cl)cc1)CC1(C)OCCO1. The van der Waals surface area contributed by atoms with E-state index >= 15 is 0 Å². The number of nitrogens with one attached hydrogen (secondary N) is 1. The summed E-state index contributed by atoms with van der Waals surface area (Å²) in [5, 5.41) is 3.67. The summed E-state index contributed by atoms with van der Waals surface area (Å²) < 4.78 is 17.2. The van der Waals surface area contributed by atoms with Crippen LogP contribution in [-0.4, -0.2) is 31.5 Å². The number of amides is 1. The zero-order valence-electron chi connectivity index (χ0n) is 16.2. The molecule has 2 aromatic carbocycles. The van der Waals surface area contributed by atoms with Crippen LogP contribution in [0.3, 0.4) is 0 Å². The van der Waals surface area contributed by atoms with E-state index in [0.717, 1.165) is 12.0 Å². The minimum atomic E-state index is -0.552. The molecule has 1 amide bonds. The molecule has 6 heteroatoms. The number of halogens is 1. The van der Waals surface area contributed by atoms with Crippen molar-refractivity contribution in [3.63, 3.8) is 0 Å². The maximum atomic E-state index is 12.7. The van der Waals surface area contributed by atoms with Gasteiger partial charge in [0.15, 0.2) is 5.79 Å². The fourth-order valence-electron chi connectivity index (χ4n) is 3.26. The molecule has 0 spiro atoms. The first-order valence-electron chi connectivity index (χ1n) is 9.47. The van der Waals surface area contributed by atoms with Gasteiger partial charge in [-0.3, -0.25) is 4.79 Å². The molecule has 1 fully saturated rings. The van der Waals surface area contributed by atoms with E-state index in [1.54, 1.807) is 12.1 Å². The number of hydrogen-bond donors (Lipinski definition) is 1. The lowest BCUT2D eigenvalue weighted by Crippen LogP contribution is -2.34. The average molecular weight is 404 g/mol. The van der Waals surface area contributed by atoms with E-state index in [-0.39, 0.29) is 11.8 Å². The molecular formula is C22H26ClNO4. The monoisotopic (exact) mass is 403 g/mol. The Hall–Kier alpha value is -2.08. The lowest BCUT2D eigenvalue weighted by atomic mass is 10.0. The molecule has 1 saturated heterocycles. The summed E-state index contributed by atoms with van der Waals surface area (Å²) >= 11 is 5.91. The smallest absolute Gasteiger partial charge is 0.255 e. The molecule has 0 saturated carbocycles. The molecule has 1 aliphatic heterocycles. The van der Waals surface area contributed by atoms with E-state index in [0.29, 0.717) is 42.7 Å². The highest BCUT2D eigenvalue weighted by Gasteiger charge is 2.32. The molecule has 0 bridgehead atoms. The lowest BCUT2D eigenvalue weighted by Gasteiger charge is -2.26. The highest BCUT2D eigenvalue weighted by atomic mass is 35.5. The van der Waals surface area contributed by atoms with Crippen molar-refractivity contribution in [2.24, 2.45) is 5.92 Å². The summed E-state index contributed by atoms with van der Waals surface area (Å²) in [4.78, 5) is 12.7. The fourth-order valence-corrected chi connectivity index (χ4v) is 3.39. The first-order chi connectivity index (χ1) is 13.5. The van der Waals surface area contributed by atoms with Crippen molar-refractivity contribution in [3.05, 3.63) is 64.7 Å². The third kappa shape index (κ3) is 5.71. The molecule has 3 rings (SSSR count). The van der Waals surface area contributed by atoms with Crippen LogP contribution >= 0.6 is 11.6 Å². The number of hydrogen-bond acceptors (Lipinski definition) is 4. The van der Waals surface area contributed by atoms with Crippen molar-refractivity contribution in [2.75, 3.05) is 19.8 Å². The average Bonchev–Trinajstić information content (AvgIpc) is 3.12. The third-order valence-electron chi connectivity index (χ3n) is 4.67. The molecule has 0 radical (unpaired) electrons. The number of para-hydroxylation sites is 1. The zero-order valence-corrected chi connectivity index (χ0v) is 17.0. The molecule has 150 valence electrons. The van der Waals surface area contributed by atoms with Crippen molar-refractivity contribution in [1.29, 1.82) is 0 Å². The minimum absolute atomic E-state index is 0.156. The van der Waals surface area contributed by atoms with Crippen LogP contribution in [0.25, 0.3) is 0 Å². The van der Waals surface area contributed by atoms with Crippen LogP contribution in [0.15, 0.2) is 48.5 Å². The molecule has 1 aliphatic rings. The van der Waals surface area contributed by atoms with Crippen molar-refractivity contribution >= 4 is 17.5 Å². The van der Waals surface area contributed by atoms with Gasteiger partial charge in [0, 0.05) is 18.0 Å². The summed E-state index contributed by atoms with van der Waals surface area (Å²) in [6.07, 6.45) is 0.724. The topological polar surface area (TPSA) is 56.8 Å². The molecule has 1 atom stereocenters. The van der Waals surface area contributed by atoms with Gasteiger partial charge in [0.2, 0.25) is 0 Å². The molecular weight excluding hydrogens is 378 g/mol. The van der Waals surface area contributed by atoms with Crippen molar-refractivity contribution in [3.8, 4) is 5.75 Å². The van der Waals surface area contributed by atoms with E-state index < -0.39 is 5.79 Å². The van der Waals surface area contributed by atoms with Gasteiger partial charge in [-0.1, -0.05) is 42.8 Å². The van der Waals surface area contributed by atoms with Crippen LogP contribution in [0.2, 0.25) is 5.02 Å². The van der Waals surface area contributed by atoms with Crippen LogP contribution in [0.1, 0.15) is 36.2 Å². The Morgan fingerprint density at radius 3 is 2.57 bits per heavy atom. The highest BCUT2D eigenvalue weighted by molar-refractivity contribution is 6.30. The predicted octanol–water partition coefficient (Wildman–Crippen LogP) is 4.44. The second-order valence-electron chi connectivity index (χ2n) is 7.26. The molecule has 2 aromatic rings. The van der Waals surface area contributed by atoms with Gasteiger partial charge < -0.3 is 19.5 Å². The normalized spacial score (nSPS) is 16.5. The molecule has 1 unspecified atom stereocenters. The van der Waals surface area contributed by atoms with E-state index in [4.69, 9.17) is 25.8 Å². The number of benzene rings is 2. The lowest BCUT2D eigenvalue weighted by molar-refractivity contribution is -0.153. The number of carbonyl (C=O) groups excluding carboxylic acids is 1. The highest BCUT2D eigenvalue weighted by Crippen LogP contribution is 2.26. The quantitative estimate of drug-likeness (QED) is 0.708. The largest absolute Gasteiger partial charge is 0.488 e. The Balaban J connectivity index is 1.55. The van der Waals surface area contributed by atoms with Crippen LogP contribution in [0.4, 0.5) is 0 Å². The van der Waals surface area contributed by atoms with Gasteiger partial charge in [-0.05, 0) is 42.7 Å². The second-order valence-corrected chi connectivity index (χ2v) is 7.70. The Morgan fingerprint density at radius 2 is 1.86 bits per heavy atom. The van der Waals surface area contributed by atoms with Gasteiger partial charge >= 0.3 is 0 Å². The van der Waals surface area contributed by atoms with Gasteiger partial charge in [0.1, 0.15) is 12.4 Å². The van der Waals surface area contributed by atoms with Gasteiger partial charge in [-0.2, -0.15) is 0 Å². The van der Waals surface area contributed by atoms with Gasteiger partial charge in [0.25, 0.3) is 5.91 Å². The Kier molecular flexibility index (Phi) is 6.94. The molecule has 1 N–H and O–H groups in total. The number of carbonyl (C=O) groups is 1. The van der Waals surface area contributed by atoms with Crippen molar-refractivity contribution in [1.82, 2.24) is 5.32 Å². The summed E-state index contributed by atoms with van der Waals surface area (Å²) in [6.45, 7) is 6.15. The summed E-state index contributed by atoms with van der Waals surface area (Å²) in [5.41, 5.74) is 1.50. The molecule has 28 heavy (non-hydrogen) atoms. The molecule has 5 nitrogen and oxygen atoms in total. The van der Waals surface area contributed by atoms with Crippen molar-refractivity contribution < 1.29 is 19.0 Å². The van der Waals surface area contributed by atoms with Crippen LogP contribution in [0, 0.1) is 5.92 Å². The molecule has 0 aliphatic carbocycles.